The minimum absolute atomic E-state index is 0.197. The third kappa shape index (κ3) is 11.2. The Morgan fingerprint density at radius 2 is 1.10 bits per heavy atom. The van der Waals surface area contributed by atoms with E-state index in [0.29, 0.717) is 71.9 Å². The number of carbonyl (C=O) groups excluding carboxylic acids is 4. The van der Waals surface area contributed by atoms with Crippen molar-refractivity contribution in [2.45, 2.75) is 77.7 Å². The van der Waals surface area contributed by atoms with E-state index >= 15 is 0 Å². The summed E-state index contributed by atoms with van der Waals surface area (Å²) in [7, 11) is 0. The maximum absolute atomic E-state index is 13.4. The van der Waals surface area contributed by atoms with Crippen molar-refractivity contribution >= 4 is 56.5 Å². The second kappa shape index (κ2) is 22.2. The van der Waals surface area contributed by atoms with Crippen molar-refractivity contribution in [1.82, 2.24) is 50.6 Å². The lowest BCUT2D eigenvalue weighted by atomic mass is 9.85. The average Bonchev–Trinajstić information content (AvgIpc) is 4.04. The number of carbonyl (C=O) groups is 4. The van der Waals surface area contributed by atoms with Crippen molar-refractivity contribution in [3.8, 4) is 0 Å². The highest BCUT2D eigenvalue weighted by Crippen LogP contribution is 2.29. The van der Waals surface area contributed by atoms with Crippen LogP contribution in [0.5, 0.6) is 0 Å². The van der Waals surface area contributed by atoms with Crippen LogP contribution in [0.3, 0.4) is 0 Å². The molecule has 4 heterocycles. The number of aromatic nitrogens is 8. The summed E-state index contributed by atoms with van der Waals surface area (Å²) in [5, 5.41) is 50.8. The molecule has 0 aliphatic heterocycles. The van der Waals surface area contributed by atoms with E-state index in [1.54, 1.807) is 84.4 Å². The van der Waals surface area contributed by atoms with E-state index in [9.17, 15) is 29.4 Å². The third-order valence-corrected chi connectivity index (χ3v) is 13.3. The Morgan fingerprint density at radius 1 is 0.597 bits per heavy atom. The maximum Gasteiger partial charge on any atom is 0.272 e. The van der Waals surface area contributed by atoms with Crippen molar-refractivity contribution in [1.29, 1.82) is 0 Å². The Balaban J connectivity index is 0.000000178. The van der Waals surface area contributed by atoms with Gasteiger partial charge < -0.3 is 31.5 Å². The van der Waals surface area contributed by atoms with Crippen LogP contribution >= 0.6 is 0 Å². The van der Waals surface area contributed by atoms with Gasteiger partial charge in [-0.3, -0.25) is 19.2 Å². The van der Waals surface area contributed by atoms with Crippen LogP contribution in [-0.4, -0.2) is 86.9 Å². The van der Waals surface area contributed by atoms with Crippen LogP contribution in [0.15, 0.2) is 122 Å². The number of nitrogens with zero attached hydrogens (tertiary/aromatic N) is 8. The zero-order valence-corrected chi connectivity index (χ0v) is 40.0. The molecule has 18 nitrogen and oxygen atoms in total. The Kier molecular flexibility index (Phi) is 15.1. The minimum atomic E-state index is -0.698. The van der Waals surface area contributed by atoms with Gasteiger partial charge in [0.1, 0.15) is 5.69 Å². The molecule has 0 bridgehead atoms. The second-order valence-corrected chi connectivity index (χ2v) is 18.4. The summed E-state index contributed by atoms with van der Waals surface area (Å²) in [5.74, 6) is -0.186. The fraction of sp³-hybridized carbons (Fsp3) is 0.296. The van der Waals surface area contributed by atoms with Crippen LogP contribution < -0.4 is 21.3 Å². The summed E-state index contributed by atoms with van der Waals surface area (Å²) in [6, 6.07) is 29.3. The Hall–Kier alpha value is -8.22. The first kappa shape index (κ1) is 48.8. The molecule has 0 saturated heterocycles. The smallest absolute Gasteiger partial charge is 0.272 e. The van der Waals surface area contributed by atoms with E-state index in [4.69, 9.17) is 0 Å². The van der Waals surface area contributed by atoms with Gasteiger partial charge in [0.2, 0.25) is 0 Å². The van der Waals surface area contributed by atoms with Gasteiger partial charge in [0.05, 0.1) is 54.8 Å². The van der Waals surface area contributed by atoms with E-state index in [0.717, 1.165) is 58.4 Å². The first-order chi connectivity index (χ1) is 35.0. The van der Waals surface area contributed by atoms with Crippen LogP contribution in [0.1, 0.15) is 129 Å². The molecule has 8 aromatic rings. The standard InChI is InChI=1S/2C27H28N6O3/c1-17(34)24-15-30-32-33(24)16-19-11-12-22(21-9-3-2-8-20(19)21)26(35)31-23-10-5-13-28-25(23)27(36)29-14-18-6-4-7-18;1-17(34)24-16-33(32-31-24)15-19-11-12-22(21-9-3-2-8-20(19)21)26(35)30-23-10-5-13-28-25(23)27(36)29-14-18-6-4-7-18/h2-3,5,8-13,15,17-18,34H,4,6-7,14,16H2,1H3,(H,29,36)(H,31,35);2-3,5,8-13,16-18,34H,4,6-7,14-15H2,1H3,(H,29,36)(H,30,35). The van der Waals surface area contributed by atoms with E-state index in [-0.39, 0.29) is 35.0 Å². The van der Waals surface area contributed by atoms with Gasteiger partial charge in [-0.2, -0.15) is 0 Å². The van der Waals surface area contributed by atoms with Gasteiger partial charge in [-0.25, -0.2) is 19.3 Å². The summed E-state index contributed by atoms with van der Waals surface area (Å²) in [4.78, 5) is 60.7. The van der Waals surface area contributed by atoms with Crippen molar-refractivity contribution < 1.29 is 29.4 Å². The highest BCUT2D eigenvalue weighted by molar-refractivity contribution is 6.16. The Morgan fingerprint density at radius 3 is 1.56 bits per heavy atom. The lowest BCUT2D eigenvalue weighted by Gasteiger charge is -2.25. The van der Waals surface area contributed by atoms with Crippen LogP contribution in [0.4, 0.5) is 11.4 Å². The summed E-state index contributed by atoms with van der Waals surface area (Å²) < 4.78 is 3.31. The molecule has 2 aliphatic rings. The molecule has 2 atom stereocenters. The zero-order valence-electron chi connectivity index (χ0n) is 40.0. The topological polar surface area (TPSA) is 244 Å². The first-order valence-corrected chi connectivity index (χ1v) is 24.3. The molecule has 72 heavy (non-hydrogen) atoms. The molecule has 368 valence electrons. The number of hydrogen-bond donors (Lipinski definition) is 6. The van der Waals surface area contributed by atoms with E-state index in [2.05, 4.69) is 51.9 Å². The molecule has 2 saturated carbocycles. The van der Waals surface area contributed by atoms with Crippen molar-refractivity contribution in [3.63, 3.8) is 0 Å². The van der Waals surface area contributed by atoms with Gasteiger partial charge in [0.15, 0.2) is 11.4 Å². The Labute approximate surface area is 415 Å². The molecule has 6 N–H and O–H groups in total. The number of anilines is 2. The number of aliphatic hydroxyl groups excluding tert-OH is 2. The predicted octanol–water partition coefficient (Wildman–Crippen LogP) is 7.42. The molecule has 2 fully saturated rings. The Bertz CT molecular complexity index is 3250. The highest BCUT2D eigenvalue weighted by atomic mass is 16.3. The first-order valence-electron chi connectivity index (χ1n) is 24.3. The quantitative estimate of drug-likeness (QED) is 0.0554. The lowest BCUT2D eigenvalue weighted by molar-refractivity contribution is 0.0926. The number of nitrogens with one attached hydrogen (secondary N) is 4. The molecule has 0 radical (unpaired) electrons. The molecular formula is C54H56N12O6. The molecular weight excluding hydrogens is 913 g/mol. The summed E-state index contributed by atoms with van der Waals surface area (Å²) >= 11 is 0. The number of rotatable bonds is 16. The molecule has 2 aliphatic carbocycles. The number of fused-ring (bicyclic) bond motifs is 2. The number of amides is 4. The van der Waals surface area contributed by atoms with Crippen LogP contribution in [0.2, 0.25) is 0 Å². The number of hydrogen-bond acceptors (Lipinski definition) is 12. The second-order valence-electron chi connectivity index (χ2n) is 18.4. The summed E-state index contributed by atoms with van der Waals surface area (Å²) in [5.41, 5.74) is 5.11. The van der Waals surface area contributed by atoms with Gasteiger partial charge in [-0.15, -0.1) is 10.2 Å². The molecule has 0 spiro atoms. The van der Waals surface area contributed by atoms with Gasteiger partial charge in [0, 0.05) is 36.6 Å². The zero-order chi connectivity index (χ0) is 50.1. The van der Waals surface area contributed by atoms with Gasteiger partial charge in [0.25, 0.3) is 23.6 Å². The molecule has 2 unspecified atom stereocenters. The summed E-state index contributed by atoms with van der Waals surface area (Å²) in [6.45, 7) is 5.40. The van der Waals surface area contributed by atoms with Crippen LogP contribution in [0.25, 0.3) is 21.5 Å². The minimum Gasteiger partial charge on any atom is -0.387 e. The highest BCUT2D eigenvalue weighted by Gasteiger charge is 2.24. The van der Waals surface area contributed by atoms with Crippen molar-refractivity contribution in [2.24, 2.45) is 11.8 Å². The average molecular weight is 969 g/mol. The largest absolute Gasteiger partial charge is 0.387 e. The number of pyridine rings is 2. The normalized spacial score (nSPS) is 14.3. The maximum atomic E-state index is 13.4. The van der Waals surface area contributed by atoms with Gasteiger partial charge in [-0.05, 0) is 120 Å². The van der Waals surface area contributed by atoms with Crippen molar-refractivity contribution in [3.05, 3.63) is 167 Å². The van der Waals surface area contributed by atoms with E-state index in [1.165, 1.54) is 12.8 Å². The van der Waals surface area contributed by atoms with Gasteiger partial charge in [-0.1, -0.05) is 83.9 Å². The summed E-state index contributed by atoms with van der Waals surface area (Å²) in [6.07, 6.45) is 11.9. The fourth-order valence-corrected chi connectivity index (χ4v) is 8.81. The monoisotopic (exact) mass is 968 g/mol. The van der Waals surface area contributed by atoms with Crippen LogP contribution in [0, 0.1) is 11.8 Å². The van der Waals surface area contributed by atoms with Crippen molar-refractivity contribution in [2.75, 3.05) is 23.7 Å². The number of benzene rings is 4. The molecule has 4 aromatic heterocycles. The SMILES string of the molecule is CC(O)c1cn(Cc2ccc(C(=O)Nc3cccnc3C(=O)NCC3CCC3)c3ccccc23)nn1.CC(O)c1cnnn1Cc1ccc(C(=O)Nc2cccnc2C(=O)NCC2CCC2)c2ccccc12. The molecule has 10 rings (SSSR count). The third-order valence-electron chi connectivity index (χ3n) is 13.3. The van der Waals surface area contributed by atoms with Crippen LogP contribution in [-0.2, 0) is 13.1 Å². The lowest BCUT2D eigenvalue weighted by Crippen LogP contribution is -2.33. The number of aliphatic hydroxyl groups is 2. The van der Waals surface area contributed by atoms with E-state index in [1.807, 2.05) is 60.7 Å². The molecule has 4 aromatic carbocycles. The molecule has 18 heteroatoms. The predicted molar refractivity (Wildman–Crippen MR) is 271 cm³/mol. The fourth-order valence-electron chi connectivity index (χ4n) is 8.81. The van der Waals surface area contributed by atoms with E-state index < -0.39 is 12.2 Å². The van der Waals surface area contributed by atoms with Gasteiger partial charge >= 0.3 is 0 Å². The molecule has 4 amide bonds.